The molecule has 0 aliphatic carbocycles. The van der Waals surface area contributed by atoms with Gasteiger partial charge in [0.25, 0.3) is 7.82 Å². The fourth-order valence-corrected chi connectivity index (χ4v) is 9.39. The molecule has 0 aliphatic rings. The minimum absolute atomic E-state index is 0.0303. The van der Waals surface area contributed by atoms with Gasteiger partial charge in [-0.3, -0.25) is 14.2 Å². The fraction of sp³-hybridized carbons (Fsp3) is 0.781. The molecule has 0 rings (SSSR count). The maximum absolute atomic E-state index is 13.5. The number of nitrogens with zero attached hydrogens (tertiary/aromatic N) is 1. The molecule has 430 valence electrons. The van der Waals surface area contributed by atoms with Crippen molar-refractivity contribution in [3.05, 3.63) is 72.9 Å². The largest absolute Gasteiger partial charge is 0.756 e. The second-order valence-corrected chi connectivity index (χ2v) is 23.2. The summed E-state index contributed by atoms with van der Waals surface area (Å²) in [5, 5.41) is 3.01. The highest BCUT2D eigenvalue weighted by atomic mass is 31.2. The fourth-order valence-electron chi connectivity index (χ4n) is 8.67. The number of carbonyl (C=O) groups is 2. The Hall–Kier alpha value is -2.55. The highest BCUT2D eigenvalue weighted by molar-refractivity contribution is 7.45. The van der Waals surface area contributed by atoms with Gasteiger partial charge in [0.15, 0.2) is 0 Å². The molecule has 10 heteroatoms. The second-order valence-electron chi connectivity index (χ2n) is 21.8. The van der Waals surface area contributed by atoms with Gasteiger partial charge in [0.2, 0.25) is 5.91 Å². The molecule has 1 N–H and O–H groups in total. The average molecular weight is 1060 g/mol. The zero-order valence-corrected chi connectivity index (χ0v) is 49.9. The molecule has 0 saturated heterocycles. The van der Waals surface area contributed by atoms with Crippen molar-refractivity contribution < 1.29 is 37.3 Å². The number of carbonyl (C=O) groups excluding carboxylic acids is 2. The molecule has 3 unspecified atom stereocenters. The second kappa shape index (κ2) is 53.8. The number of ether oxygens (including phenoxy) is 1. The van der Waals surface area contributed by atoms with Gasteiger partial charge in [0.05, 0.1) is 33.8 Å². The van der Waals surface area contributed by atoms with Crippen molar-refractivity contribution in [2.24, 2.45) is 0 Å². The van der Waals surface area contributed by atoms with E-state index in [0.29, 0.717) is 17.4 Å². The SMILES string of the molecule is CC/C=C\C/C=C\C/C=C\C/C=C\C/C=C\CCCCCC(=O)NC(COP(=O)([O-])OCC[N+](C)(C)C)C(/C=C/CCCCCCCCCCCC)OC(=O)CCCCCCCCCCCCCCCCCCC. The van der Waals surface area contributed by atoms with Gasteiger partial charge in [-0.1, -0.05) is 255 Å². The lowest BCUT2D eigenvalue weighted by molar-refractivity contribution is -0.870. The molecule has 0 spiro atoms. The maximum Gasteiger partial charge on any atom is 0.306 e. The molecule has 3 atom stereocenters. The number of amides is 1. The smallest absolute Gasteiger partial charge is 0.306 e. The third-order valence-corrected chi connectivity index (χ3v) is 14.4. The van der Waals surface area contributed by atoms with Crippen LogP contribution in [0.1, 0.15) is 271 Å². The van der Waals surface area contributed by atoms with Crippen molar-refractivity contribution in [3.8, 4) is 0 Å². The number of nitrogens with one attached hydrogen (secondary N) is 1. The topological polar surface area (TPSA) is 114 Å². The standard InChI is InChI=1S/C64H117N2O7P/c1-7-10-13-16-19-22-25-28-30-32-33-35-36-38-41-44-47-50-53-56-63(67)65-61(60-72-74(69,70)71-59-58-66(4,5)6)62(55-52-49-46-43-40-27-24-21-18-15-12-9-3)73-64(68)57-54-51-48-45-42-39-37-34-31-29-26-23-20-17-14-11-8-2/h10,13,19,22,28,30,33,35,38,41,52,55,61-62H,7-9,11-12,14-18,20-21,23-27,29,31-32,34,36-37,39-40,42-51,53-54,56-60H2,1-6H3,(H-,65,67,69,70)/b13-10-,22-19-,30-28-,35-33-,41-38-,55-52+. The lowest BCUT2D eigenvalue weighted by atomic mass is 10.0. The van der Waals surface area contributed by atoms with E-state index in [4.69, 9.17) is 13.8 Å². The number of rotatable bonds is 55. The van der Waals surface area contributed by atoms with Crippen LogP contribution in [-0.2, 0) is 27.9 Å². The van der Waals surface area contributed by atoms with Gasteiger partial charge in [-0.2, -0.15) is 0 Å². The molecule has 0 aromatic rings. The summed E-state index contributed by atoms with van der Waals surface area (Å²) in [6.45, 7) is 6.71. The molecule has 0 aliphatic heterocycles. The molecule has 74 heavy (non-hydrogen) atoms. The van der Waals surface area contributed by atoms with Gasteiger partial charge in [-0.15, -0.1) is 0 Å². The first kappa shape index (κ1) is 71.5. The van der Waals surface area contributed by atoms with Crippen molar-refractivity contribution >= 4 is 19.7 Å². The summed E-state index contributed by atoms with van der Waals surface area (Å²) in [7, 11) is 1.16. The Balaban J connectivity index is 5.32. The Bertz CT molecular complexity index is 1500. The van der Waals surface area contributed by atoms with Crippen LogP contribution in [-0.4, -0.2) is 69.4 Å². The molecule has 0 heterocycles. The first-order chi connectivity index (χ1) is 35.9. The van der Waals surface area contributed by atoms with Crippen molar-refractivity contribution in [2.75, 3.05) is 40.9 Å². The highest BCUT2D eigenvalue weighted by Gasteiger charge is 2.27. The predicted molar refractivity (Wildman–Crippen MR) is 316 cm³/mol. The van der Waals surface area contributed by atoms with E-state index in [1.54, 1.807) is 0 Å². The summed E-state index contributed by atoms with van der Waals surface area (Å²) in [6.07, 6.45) is 68.7. The number of hydrogen-bond acceptors (Lipinski definition) is 7. The molecule has 0 bridgehead atoms. The number of phosphoric acid groups is 1. The van der Waals surface area contributed by atoms with Crippen molar-refractivity contribution in [1.29, 1.82) is 0 Å². The minimum atomic E-state index is -4.71. The lowest BCUT2D eigenvalue weighted by Gasteiger charge is -2.30. The van der Waals surface area contributed by atoms with Gasteiger partial charge in [-0.25, -0.2) is 0 Å². The monoisotopic (exact) mass is 1060 g/mol. The first-order valence-electron chi connectivity index (χ1n) is 30.7. The Kier molecular flexibility index (Phi) is 52.0. The number of hydrogen-bond donors (Lipinski definition) is 1. The van der Waals surface area contributed by atoms with E-state index in [0.717, 1.165) is 89.9 Å². The van der Waals surface area contributed by atoms with E-state index in [1.165, 1.54) is 141 Å². The van der Waals surface area contributed by atoms with Crippen molar-refractivity contribution in [3.63, 3.8) is 0 Å². The number of esters is 1. The summed E-state index contributed by atoms with van der Waals surface area (Å²) in [4.78, 5) is 40.0. The lowest BCUT2D eigenvalue weighted by Crippen LogP contribution is -2.47. The van der Waals surface area contributed by atoms with Gasteiger partial charge in [0, 0.05) is 12.8 Å². The maximum atomic E-state index is 13.5. The van der Waals surface area contributed by atoms with Crippen LogP contribution in [0, 0.1) is 0 Å². The van der Waals surface area contributed by atoms with Crippen LogP contribution < -0.4 is 10.2 Å². The van der Waals surface area contributed by atoms with E-state index in [2.05, 4.69) is 86.8 Å². The zero-order valence-electron chi connectivity index (χ0n) is 49.0. The number of unbranched alkanes of at least 4 members (excludes halogenated alkanes) is 29. The summed E-state index contributed by atoms with van der Waals surface area (Å²) in [5.41, 5.74) is 0. The van der Waals surface area contributed by atoms with Crippen LogP contribution in [0.25, 0.3) is 0 Å². The van der Waals surface area contributed by atoms with Gasteiger partial charge in [-0.05, 0) is 76.7 Å². The van der Waals surface area contributed by atoms with Gasteiger partial charge in [0.1, 0.15) is 19.3 Å². The molecule has 9 nitrogen and oxygen atoms in total. The van der Waals surface area contributed by atoms with Crippen molar-refractivity contribution in [2.45, 2.75) is 283 Å². The Labute approximate surface area is 457 Å². The van der Waals surface area contributed by atoms with Crippen LogP contribution in [0.5, 0.6) is 0 Å². The number of phosphoric ester groups is 1. The Morgan fingerprint density at radius 3 is 1.31 bits per heavy atom. The molecule has 0 aromatic carbocycles. The van der Waals surface area contributed by atoms with Crippen LogP contribution in [0.2, 0.25) is 0 Å². The molecular formula is C64H117N2O7P. The minimum Gasteiger partial charge on any atom is -0.756 e. The Morgan fingerprint density at radius 2 is 0.865 bits per heavy atom. The molecule has 0 radical (unpaired) electrons. The number of allylic oxidation sites excluding steroid dienone is 11. The van der Waals surface area contributed by atoms with Crippen LogP contribution >= 0.6 is 7.82 Å². The quantitative estimate of drug-likeness (QED) is 0.0212. The van der Waals surface area contributed by atoms with Crippen molar-refractivity contribution in [1.82, 2.24) is 5.32 Å². The van der Waals surface area contributed by atoms with E-state index < -0.39 is 26.6 Å². The summed E-state index contributed by atoms with van der Waals surface area (Å²) < 4.78 is 30.3. The van der Waals surface area contributed by atoms with Crippen LogP contribution in [0.4, 0.5) is 0 Å². The average Bonchev–Trinajstić information content (AvgIpc) is 3.36. The van der Waals surface area contributed by atoms with E-state index >= 15 is 0 Å². The van der Waals surface area contributed by atoms with E-state index in [9.17, 15) is 19.0 Å². The molecule has 0 aromatic heterocycles. The van der Waals surface area contributed by atoms with Gasteiger partial charge >= 0.3 is 5.97 Å². The van der Waals surface area contributed by atoms with Crippen LogP contribution in [0.15, 0.2) is 72.9 Å². The zero-order chi connectivity index (χ0) is 54.3. The number of likely N-dealkylation sites (N-methyl/N-ethyl adjacent to an activating group) is 1. The molecule has 0 fully saturated rings. The molecule has 0 saturated carbocycles. The van der Waals surface area contributed by atoms with E-state index in [1.807, 2.05) is 33.3 Å². The summed E-state index contributed by atoms with van der Waals surface area (Å²) >= 11 is 0. The highest BCUT2D eigenvalue weighted by Crippen LogP contribution is 2.38. The third-order valence-electron chi connectivity index (χ3n) is 13.4. The first-order valence-corrected chi connectivity index (χ1v) is 32.2. The van der Waals surface area contributed by atoms with Crippen LogP contribution in [0.3, 0.4) is 0 Å². The predicted octanol–water partition coefficient (Wildman–Crippen LogP) is 18.2. The summed E-state index contributed by atoms with van der Waals surface area (Å²) in [6, 6.07) is -0.906. The Morgan fingerprint density at radius 1 is 0.486 bits per heavy atom. The van der Waals surface area contributed by atoms with E-state index in [-0.39, 0.29) is 31.3 Å². The molecule has 1 amide bonds. The van der Waals surface area contributed by atoms with Gasteiger partial charge < -0.3 is 28.5 Å². The summed E-state index contributed by atoms with van der Waals surface area (Å²) in [5.74, 6) is -0.573. The third kappa shape index (κ3) is 54.2. The normalized spacial score (nSPS) is 14.2. The molecular weight excluding hydrogens is 940 g/mol. The number of quaternary nitrogens is 1.